The molecule has 1 amide bonds. The van der Waals surface area contributed by atoms with Crippen LogP contribution in [0.4, 0.5) is 0 Å². The van der Waals surface area contributed by atoms with Crippen LogP contribution in [0, 0.1) is 6.92 Å². The average molecular weight is 260 g/mol. The van der Waals surface area contributed by atoms with Gasteiger partial charge in [-0.2, -0.15) is 0 Å². The number of hydrogen-bond donors (Lipinski definition) is 1. The topological polar surface area (TPSA) is 64.2 Å². The second-order valence-corrected chi connectivity index (χ2v) is 5.46. The van der Waals surface area contributed by atoms with Crippen molar-refractivity contribution in [3.63, 3.8) is 0 Å². The zero-order valence-corrected chi connectivity index (χ0v) is 12.1. The lowest BCUT2D eigenvalue weighted by molar-refractivity contribution is -0.135. The van der Waals surface area contributed by atoms with E-state index < -0.39 is 5.41 Å². The van der Waals surface area contributed by atoms with Crippen LogP contribution in [-0.4, -0.2) is 27.5 Å². The molecule has 0 radical (unpaired) electrons. The first kappa shape index (κ1) is 13.5. The van der Waals surface area contributed by atoms with E-state index in [2.05, 4.69) is 4.98 Å². The summed E-state index contributed by atoms with van der Waals surface area (Å²) < 4.78 is 2.03. The number of rotatable bonds is 2. The molecular formula is C14H20N4O. The van der Waals surface area contributed by atoms with Crippen LogP contribution in [0.1, 0.15) is 25.2 Å². The molecule has 2 aromatic rings. The normalized spacial score (nSPS) is 11.9. The van der Waals surface area contributed by atoms with Crippen LogP contribution < -0.4 is 5.84 Å². The standard InChI is InChI=1S/C14H20N4O/c1-9-16-11-8-10(6-7-12(11)17(9)4)14(2,3)13(19)18(5)15/h6-8H,15H2,1-5H3. The molecule has 0 aliphatic rings. The van der Waals surface area contributed by atoms with Crippen molar-refractivity contribution < 1.29 is 4.79 Å². The van der Waals surface area contributed by atoms with Crippen molar-refractivity contribution in [2.24, 2.45) is 12.9 Å². The van der Waals surface area contributed by atoms with E-state index in [0.29, 0.717) is 0 Å². The number of amides is 1. The van der Waals surface area contributed by atoms with Crippen LogP contribution in [0.3, 0.4) is 0 Å². The van der Waals surface area contributed by atoms with Crippen LogP contribution in [-0.2, 0) is 17.3 Å². The van der Waals surface area contributed by atoms with Gasteiger partial charge in [-0.05, 0) is 38.5 Å². The molecule has 2 N–H and O–H groups in total. The lowest BCUT2D eigenvalue weighted by Crippen LogP contribution is -2.44. The SMILES string of the molecule is Cc1nc2cc(C(C)(C)C(=O)N(C)N)ccc2n1C. The molecule has 5 heteroatoms. The third-order valence-electron chi connectivity index (χ3n) is 3.68. The van der Waals surface area contributed by atoms with Gasteiger partial charge in [-0.1, -0.05) is 6.07 Å². The third kappa shape index (κ3) is 2.10. The molecule has 1 aromatic carbocycles. The predicted octanol–water partition coefficient (Wildman–Crippen LogP) is 1.49. The van der Waals surface area contributed by atoms with Crippen LogP contribution in [0.25, 0.3) is 11.0 Å². The fourth-order valence-corrected chi connectivity index (χ4v) is 2.27. The number of likely N-dealkylation sites (N-methyl/N-ethyl adjacent to an activating group) is 1. The number of fused-ring (bicyclic) bond motifs is 1. The Hall–Kier alpha value is -1.88. The number of aromatic nitrogens is 2. The maximum absolute atomic E-state index is 12.1. The molecule has 0 aliphatic heterocycles. The van der Waals surface area contributed by atoms with Gasteiger partial charge in [-0.15, -0.1) is 0 Å². The molecule has 2 rings (SSSR count). The zero-order valence-electron chi connectivity index (χ0n) is 12.1. The lowest BCUT2D eigenvalue weighted by Gasteiger charge is -2.27. The van der Waals surface area contributed by atoms with Crippen molar-refractivity contribution in [3.8, 4) is 0 Å². The summed E-state index contributed by atoms with van der Waals surface area (Å²) in [5.74, 6) is 6.39. The van der Waals surface area contributed by atoms with Gasteiger partial charge >= 0.3 is 0 Å². The Bertz CT molecular complexity index is 640. The third-order valence-corrected chi connectivity index (χ3v) is 3.68. The summed E-state index contributed by atoms with van der Waals surface area (Å²) in [6, 6.07) is 5.92. The van der Waals surface area contributed by atoms with Crippen LogP contribution in [0.15, 0.2) is 18.2 Å². The first-order valence-corrected chi connectivity index (χ1v) is 6.21. The van der Waals surface area contributed by atoms with Crippen LogP contribution in [0.2, 0.25) is 0 Å². The highest BCUT2D eigenvalue weighted by molar-refractivity contribution is 5.88. The molecule has 0 atom stereocenters. The number of imidazole rings is 1. The highest BCUT2D eigenvalue weighted by Crippen LogP contribution is 2.27. The van der Waals surface area contributed by atoms with Crippen molar-refractivity contribution in [2.45, 2.75) is 26.2 Å². The van der Waals surface area contributed by atoms with Gasteiger partial charge in [0.15, 0.2) is 0 Å². The van der Waals surface area contributed by atoms with Gasteiger partial charge in [0.25, 0.3) is 0 Å². The number of carbonyl (C=O) groups excluding carboxylic acids is 1. The fraction of sp³-hybridized carbons (Fsp3) is 0.429. The van der Waals surface area contributed by atoms with E-state index in [1.54, 1.807) is 7.05 Å². The number of carbonyl (C=O) groups is 1. The average Bonchev–Trinajstić information content (AvgIpc) is 2.63. The number of hydrogen-bond acceptors (Lipinski definition) is 3. The first-order chi connectivity index (χ1) is 8.75. The van der Waals surface area contributed by atoms with Crippen molar-refractivity contribution in [1.29, 1.82) is 0 Å². The molecule has 0 saturated heterocycles. The summed E-state index contributed by atoms with van der Waals surface area (Å²) >= 11 is 0. The minimum Gasteiger partial charge on any atom is -0.331 e. The molecule has 102 valence electrons. The van der Waals surface area contributed by atoms with Crippen molar-refractivity contribution >= 4 is 16.9 Å². The Labute approximate surface area is 113 Å². The van der Waals surface area contributed by atoms with Crippen molar-refractivity contribution in [1.82, 2.24) is 14.6 Å². The number of benzene rings is 1. The molecule has 0 fully saturated rings. The monoisotopic (exact) mass is 260 g/mol. The van der Waals surface area contributed by atoms with E-state index in [9.17, 15) is 4.79 Å². The summed E-state index contributed by atoms with van der Waals surface area (Å²) in [4.78, 5) is 16.6. The molecule has 1 aromatic heterocycles. The maximum atomic E-state index is 12.1. The Morgan fingerprint density at radius 1 is 1.42 bits per heavy atom. The second kappa shape index (κ2) is 4.35. The minimum atomic E-state index is -0.664. The molecule has 0 bridgehead atoms. The number of aryl methyl sites for hydroxylation is 2. The Balaban J connectivity index is 2.55. The largest absolute Gasteiger partial charge is 0.331 e. The van der Waals surface area contributed by atoms with Gasteiger partial charge in [0.2, 0.25) is 5.91 Å². The Kier molecular flexibility index (Phi) is 3.10. The van der Waals surface area contributed by atoms with E-state index in [4.69, 9.17) is 5.84 Å². The van der Waals surface area contributed by atoms with E-state index in [0.717, 1.165) is 27.4 Å². The summed E-state index contributed by atoms with van der Waals surface area (Å²) in [7, 11) is 3.54. The van der Waals surface area contributed by atoms with E-state index in [1.165, 1.54) is 0 Å². The molecule has 19 heavy (non-hydrogen) atoms. The van der Waals surface area contributed by atoms with Crippen molar-refractivity contribution in [3.05, 3.63) is 29.6 Å². The van der Waals surface area contributed by atoms with Gasteiger partial charge < -0.3 is 4.57 Å². The quantitative estimate of drug-likeness (QED) is 0.505. The smallest absolute Gasteiger partial charge is 0.246 e. The summed E-state index contributed by atoms with van der Waals surface area (Å²) in [5.41, 5.74) is 2.22. The number of nitrogens with two attached hydrogens (primary N) is 1. The molecular weight excluding hydrogens is 240 g/mol. The van der Waals surface area contributed by atoms with Crippen molar-refractivity contribution in [2.75, 3.05) is 7.05 Å². The summed E-state index contributed by atoms with van der Waals surface area (Å²) in [5, 5.41) is 1.13. The molecule has 0 unspecified atom stereocenters. The summed E-state index contributed by atoms with van der Waals surface area (Å²) in [6.45, 7) is 5.70. The molecule has 0 spiro atoms. The van der Waals surface area contributed by atoms with Crippen LogP contribution in [0.5, 0.6) is 0 Å². The van der Waals surface area contributed by atoms with E-state index >= 15 is 0 Å². The highest BCUT2D eigenvalue weighted by Gasteiger charge is 2.32. The van der Waals surface area contributed by atoms with Gasteiger partial charge in [0, 0.05) is 14.1 Å². The molecule has 1 heterocycles. The predicted molar refractivity (Wildman–Crippen MR) is 75.4 cm³/mol. The maximum Gasteiger partial charge on any atom is 0.246 e. The molecule has 5 nitrogen and oxygen atoms in total. The fourth-order valence-electron chi connectivity index (χ4n) is 2.27. The Morgan fingerprint density at radius 3 is 2.63 bits per heavy atom. The van der Waals surface area contributed by atoms with Gasteiger partial charge in [-0.25, -0.2) is 10.8 Å². The second-order valence-electron chi connectivity index (χ2n) is 5.46. The zero-order chi connectivity index (χ0) is 14.4. The minimum absolute atomic E-state index is 0.125. The van der Waals surface area contributed by atoms with E-state index in [1.807, 2.05) is 50.6 Å². The lowest BCUT2D eigenvalue weighted by atomic mass is 9.83. The van der Waals surface area contributed by atoms with Gasteiger partial charge in [0.1, 0.15) is 5.82 Å². The molecule has 0 aliphatic carbocycles. The first-order valence-electron chi connectivity index (χ1n) is 6.21. The molecule has 0 saturated carbocycles. The van der Waals surface area contributed by atoms with Crippen LogP contribution >= 0.6 is 0 Å². The van der Waals surface area contributed by atoms with Gasteiger partial charge in [0.05, 0.1) is 16.4 Å². The number of hydrazine groups is 1. The highest BCUT2D eigenvalue weighted by atomic mass is 16.2. The van der Waals surface area contributed by atoms with E-state index in [-0.39, 0.29) is 5.91 Å². The Morgan fingerprint density at radius 2 is 2.05 bits per heavy atom. The van der Waals surface area contributed by atoms with Gasteiger partial charge in [-0.3, -0.25) is 9.80 Å². The summed E-state index contributed by atoms with van der Waals surface area (Å²) in [6.07, 6.45) is 0. The number of nitrogens with zero attached hydrogens (tertiary/aromatic N) is 3.